The highest BCUT2D eigenvalue weighted by molar-refractivity contribution is 6.07. The van der Waals surface area contributed by atoms with Crippen LogP contribution in [0.2, 0.25) is 0 Å². The van der Waals surface area contributed by atoms with Gasteiger partial charge in [-0.05, 0) is 44.0 Å². The third-order valence-corrected chi connectivity index (χ3v) is 5.20. The molecule has 3 aromatic rings. The minimum absolute atomic E-state index is 0.0149. The molecule has 3 amide bonds. The van der Waals surface area contributed by atoms with Gasteiger partial charge < -0.3 is 8.83 Å². The van der Waals surface area contributed by atoms with E-state index in [0.717, 1.165) is 0 Å². The standard InChI is InChI=1S/C22H19N5O7/c1-12-18-15(23-24-20(28)13-7-9-14(10-8-13)27(31)32)4-2-5-16(18)34-19(12)22(30)26-25-21(29)17-6-3-11-33-17/h3,6-11H,2,4-5H2,1H3,(H,24,28)(H,25,29)(H,26,30)/b23-15+. The number of carbonyl (C=O) groups excluding carboxylic acids is 3. The van der Waals surface area contributed by atoms with Crippen LogP contribution >= 0.6 is 0 Å². The number of nitro benzene ring substituents is 1. The highest BCUT2D eigenvalue weighted by Gasteiger charge is 2.28. The molecule has 0 radical (unpaired) electrons. The van der Waals surface area contributed by atoms with Gasteiger partial charge in [-0.1, -0.05) is 0 Å². The molecule has 12 heteroatoms. The number of hydrogen-bond acceptors (Lipinski definition) is 8. The Morgan fingerprint density at radius 2 is 1.76 bits per heavy atom. The molecule has 34 heavy (non-hydrogen) atoms. The minimum Gasteiger partial charge on any atom is -0.459 e. The van der Waals surface area contributed by atoms with Crippen molar-refractivity contribution in [3.63, 3.8) is 0 Å². The van der Waals surface area contributed by atoms with Gasteiger partial charge >= 0.3 is 11.8 Å². The lowest BCUT2D eigenvalue weighted by atomic mass is 9.93. The van der Waals surface area contributed by atoms with Gasteiger partial charge in [0.1, 0.15) is 5.76 Å². The molecule has 0 atom stereocenters. The Hall–Kier alpha value is -4.74. The Kier molecular flexibility index (Phi) is 6.21. The first-order chi connectivity index (χ1) is 16.3. The minimum atomic E-state index is -0.652. The van der Waals surface area contributed by atoms with E-state index >= 15 is 0 Å². The summed E-state index contributed by atoms with van der Waals surface area (Å²) in [7, 11) is 0. The first-order valence-electron chi connectivity index (χ1n) is 10.2. The number of hydrazine groups is 1. The number of nitro groups is 1. The lowest BCUT2D eigenvalue weighted by molar-refractivity contribution is -0.384. The van der Waals surface area contributed by atoms with E-state index in [2.05, 4.69) is 21.4 Å². The lowest BCUT2D eigenvalue weighted by Gasteiger charge is -2.13. The monoisotopic (exact) mass is 465 g/mol. The Labute approximate surface area is 192 Å². The molecule has 2 aromatic heterocycles. The van der Waals surface area contributed by atoms with Gasteiger partial charge in [-0.15, -0.1) is 0 Å². The lowest BCUT2D eigenvalue weighted by Crippen LogP contribution is -2.41. The molecule has 0 fully saturated rings. The first-order valence-corrected chi connectivity index (χ1v) is 10.2. The Morgan fingerprint density at radius 1 is 1.03 bits per heavy atom. The number of non-ortho nitro benzene ring substituents is 1. The molecule has 1 aliphatic carbocycles. The summed E-state index contributed by atoms with van der Waals surface area (Å²) in [6.45, 7) is 1.69. The predicted octanol–water partition coefficient (Wildman–Crippen LogP) is 2.63. The predicted molar refractivity (Wildman–Crippen MR) is 117 cm³/mol. The largest absolute Gasteiger partial charge is 0.459 e. The van der Waals surface area contributed by atoms with Crippen molar-refractivity contribution in [1.82, 2.24) is 16.3 Å². The molecule has 0 bridgehead atoms. The normalized spacial score (nSPS) is 13.7. The Balaban J connectivity index is 1.47. The SMILES string of the molecule is Cc1c(C(=O)NNC(=O)c2ccco2)oc2c1/C(=N/NC(=O)c1ccc([N+](=O)[O-])cc1)CCC2. The van der Waals surface area contributed by atoms with Gasteiger partial charge in [0, 0.05) is 35.2 Å². The van der Waals surface area contributed by atoms with Crippen molar-refractivity contribution in [2.75, 3.05) is 0 Å². The van der Waals surface area contributed by atoms with Gasteiger partial charge in [0.05, 0.1) is 16.9 Å². The van der Waals surface area contributed by atoms with E-state index in [0.29, 0.717) is 41.9 Å². The van der Waals surface area contributed by atoms with Crippen molar-refractivity contribution in [2.45, 2.75) is 26.2 Å². The molecule has 4 rings (SSSR count). The van der Waals surface area contributed by atoms with Crippen molar-refractivity contribution < 1.29 is 28.1 Å². The second-order valence-corrected chi connectivity index (χ2v) is 7.40. The summed E-state index contributed by atoms with van der Waals surface area (Å²) in [6.07, 6.45) is 3.16. The third kappa shape index (κ3) is 4.55. The van der Waals surface area contributed by atoms with E-state index in [1.165, 1.54) is 36.6 Å². The molecule has 0 unspecified atom stereocenters. The van der Waals surface area contributed by atoms with E-state index in [9.17, 15) is 24.5 Å². The van der Waals surface area contributed by atoms with Crippen LogP contribution in [-0.4, -0.2) is 28.4 Å². The number of hydrazone groups is 1. The number of nitrogens with one attached hydrogen (secondary N) is 3. The first kappa shape index (κ1) is 22.5. The Morgan fingerprint density at radius 3 is 2.44 bits per heavy atom. The summed E-state index contributed by atoms with van der Waals surface area (Å²) < 4.78 is 10.7. The topological polar surface area (TPSA) is 169 Å². The van der Waals surface area contributed by atoms with Crippen LogP contribution in [0.3, 0.4) is 0 Å². The van der Waals surface area contributed by atoms with Crippen LogP contribution in [-0.2, 0) is 6.42 Å². The number of aryl methyl sites for hydroxylation is 1. The van der Waals surface area contributed by atoms with E-state index in [4.69, 9.17) is 8.83 Å². The maximum absolute atomic E-state index is 12.6. The van der Waals surface area contributed by atoms with Crippen molar-refractivity contribution in [3.8, 4) is 0 Å². The van der Waals surface area contributed by atoms with Crippen LogP contribution in [0.4, 0.5) is 5.69 Å². The third-order valence-electron chi connectivity index (χ3n) is 5.20. The van der Waals surface area contributed by atoms with Crippen molar-refractivity contribution >= 4 is 29.1 Å². The van der Waals surface area contributed by atoms with E-state index in [-0.39, 0.29) is 22.8 Å². The van der Waals surface area contributed by atoms with Gasteiger partial charge in [0.25, 0.3) is 11.6 Å². The van der Waals surface area contributed by atoms with Crippen LogP contribution in [0.15, 0.2) is 56.6 Å². The molecule has 12 nitrogen and oxygen atoms in total. The Bertz CT molecular complexity index is 1290. The van der Waals surface area contributed by atoms with Crippen LogP contribution in [0, 0.1) is 17.0 Å². The number of fused-ring (bicyclic) bond motifs is 1. The van der Waals surface area contributed by atoms with Gasteiger partial charge in [0.15, 0.2) is 11.5 Å². The summed E-state index contributed by atoms with van der Waals surface area (Å²) in [5.41, 5.74) is 8.75. The average molecular weight is 465 g/mol. The summed E-state index contributed by atoms with van der Waals surface area (Å²) in [4.78, 5) is 47.1. The van der Waals surface area contributed by atoms with Crippen molar-refractivity contribution in [2.24, 2.45) is 5.10 Å². The molecule has 0 aliphatic heterocycles. The number of carbonyl (C=O) groups is 3. The molecule has 0 spiro atoms. The fourth-order valence-electron chi connectivity index (χ4n) is 3.55. The van der Waals surface area contributed by atoms with Crippen molar-refractivity contribution in [1.29, 1.82) is 0 Å². The molecular weight excluding hydrogens is 446 g/mol. The van der Waals surface area contributed by atoms with E-state index in [1.54, 1.807) is 13.0 Å². The number of amides is 3. The maximum atomic E-state index is 12.6. The molecule has 3 N–H and O–H groups in total. The smallest absolute Gasteiger partial charge is 0.305 e. The van der Waals surface area contributed by atoms with E-state index < -0.39 is 22.6 Å². The van der Waals surface area contributed by atoms with Gasteiger partial charge in [-0.3, -0.25) is 35.3 Å². The molecule has 174 valence electrons. The van der Waals surface area contributed by atoms with Crippen LogP contribution < -0.4 is 16.3 Å². The second-order valence-electron chi connectivity index (χ2n) is 7.40. The van der Waals surface area contributed by atoms with Gasteiger partial charge in [-0.25, -0.2) is 5.43 Å². The molecule has 2 heterocycles. The van der Waals surface area contributed by atoms with Gasteiger partial charge in [0.2, 0.25) is 0 Å². The summed E-state index contributed by atoms with van der Waals surface area (Å²) in [6, 6.07) is 8.13. The number of furan rings is 2. The molecule has 1 aromatic carbocycles. The van der Waals surface area contributed by atoms with Crippen molar-refractivity contribution in [3.05, 3.63) is 86.7 Å². The summed E-state index contributed by atoms with van der Waals surface area (Å²) in [5, 5.41) is 15.0. The molecular formula is C22H19N5O7. The molecule has 0 saturated heterocycles. The highest BCUT2D eigenvalue weighted by atomic mass is 16.6. The number of benzene rings is 1. The molecule has 0 saturated carbocycles. The zero-order valence-corrected chi connectivity index (χ0v) is 17.9. The summed E-state index contributed by atoms with van der Waals surface area (Å²) in [5.74, 6) is -1.21. The number of nitrogens with zero attached hydrogens (tertiary/aromatic N) is 2. The zero-order valence-electron chi connectivity index (χ0n) is 17.9. The molecule has 1 aliphatic rings. The quantitative estimate of drug-likeness (QED) is 0.384. The van der Waals surface area contributed by atoms with E-state index in [1.807, 2.05) is 0 Å². The second kappa shape index (κ2) is 9.40. The number of hydrogen-bond donors (Lipinski definition) is 3. The van der Waals surface area contributed by atoms with Gasteiger partial charge in [-0.2, -0.15) is 5.10 Å². The van der Waals surface area contributed by atoms with Crippen LogP contribution in [0.25, 0.3) is 0 Å². The maximum Gasteiger partial charge on any atom is 0.305 e. The number of rotatable bonds is 5. The highest BCUT2D eigenvalue weighted by Crippen LogP contribution is 2.29. The summed E-state index contributed by atoms with van der Waals surface area (Å²) >= 11 is 0. The fourth-order valence-corrected chi connectivity index (χ4v) is 3.55. The average Bonchev–Trinajstić information content (AvgIpc) is 3.50. The fraction of sp³-hybridized carbons (Fsp3) is 0.182. The van der Waals surface area contributed by atoms with Crippen LogP contribution in [0.1, 0.15) is 61.2 Å². The van der Waals surface area contributed by atoms with Crippen LogP contribution in [0.5, 0.6) is 0 Å². The zero-order chi connectivity index (χ0) is 24.2.